The Labute approximate surface area is 343 Å². The summed E-state index contributed by atoms with van der Waals surface area (Å²) in [5.74, 6) is 2.41. The molecule has 0 aliphatic carbocycles. The number of aryl methyl sites for hydroxylation is 2. The molecule has 54 heavy (non-hydrogen) atoms. The van der Waals surface area contributed by atoms with Gasteiger partial charge in [0.15, 0.2) is 0 Å². The summed E-state index contributed by atoms with van der Waals surface area (Å²) < 4.78 is 5.89. The van der Waals surface area contributed by atoms with Crippen molar-refractivity contribution >= 4 is 135 Å². The highest BCUT2D eigenvalue weighted by molar-refractivity contribution is 8.40. The molecule has 0 nitrogen and oxygen atoms in total. The van der Waals surface area contributed by atoms with Gasteiger partial charge >= 0.3 is 0 Å². The predicted octanol–water partition coefficient (Wildman–Crippen LogP) is 16.8. The lowest BCUT2D eigenvalue weighted by atomic mass is 9.90. The quantitative estimate of drug-likeness (QED) is 0.0787. The Morgan fingerprint density at radius 2 is 0.759 bits per heavy atom. The first-order valence-corrected chi connectivity index (χ1v) is 24.5. The van der Waals surface area contributed by atoms with Crippen molar-refractivity contribution < 1.29 is 0 Å². The van der Waals surface area contributed by atoms with Crippen molar-refractivity contribution in [2.45, 2.75) is 51.4 Å². The fourth-order valence-electron chi connectivity index (χ4n) is 8.35. The van der Waals surface area contributed by atoms with Crippen LogP contribution >= 0.6 is 70.6 Å². The molecule has 0 spiro atoms. The minimum absolute atomic E-state index is 1.16. The Morgan fingerprint density at radius 1 is 0.370 bits per heavy atom. The molecule has 10 rings (SSSR count). The van der Waals surface area contributed by atoms with E-state index in [1.165, 1.54) is 143 Å². The van der Waals surface area contributed by atoms with Gasteiger partial charge in [-0.3, -0.25) is 0 Å². The molecule has 0 N–H and O–H groups in total. The number of rotatable bonds is 14. The van der Waals surface area contributed by atoms with Crippen molar-refractivity contribution in [3.63, 3.8) is 0 Å². The second-order valence-electron chi connectivity index (χ2n) is 14.4. The van der Waals surface area contributed by atoms with Crippen molar-refractivity contribution in [1.29, 1.82) is 0 Å². The van der Waals surface area contributed by atoms with Crippen LogP contribution in [0.2, 0.25) is 0 Å². The highest BCUT2D eigenvalue weighted by Crippen LogP contribution is 2.59. The Balaban J connectivity index is 0.639. The summed E-state index contributed by atoms with van der Waals surface area (Å²) in [6, 6.07) is 41.2. The summed E-state index contributed by atoms with van der Waals surface area (Å²) in [6.45, 7) is 0. The maximum absolute atomic E-state index is 2.38. The molecular formula is C48H40S6. The van der Waals surface area contributed by atoms with E-state index in [1.807, 2.05) is 47.0 Å². The van der Waals surface area contributed by atoms with Crippen LogP contribution in [-0.2, 0) is 12.8 Å². The molecule has 0 aromatic heterocycles. The molecule has 0 saturated heterocycles. The molecule has 8 aromatic rings. The van der Waals surface area contributed by atoms with E-state index in [9.17, 15) is 0 Å². The molecule has 2 aliphatic rings. The monoisotopic (exact) mass is 808 g/mol. The van der Waals surface area contributed by atoms with Gasteiger partial charge in [-0.05, 0) is 137 Å². The van der Waals surface area contributed by atoms with Gasteiger partial charge in [-0.25, -0.2) is 0 Å². The maximum atomic E-state index is 2.38. The SMILES string of the molecule is C1=C(SCCCCCc2ccc3ccc4cccc5ccc2c3c45)S/C(=C2/SC=C(SCCCCCc3ccc4ccc5cccc6ccc3c4c56)S2)S1. The molecule has 268 valence electrons. The van der Waals surface area contributed by atoms with E-state index in [0.717, 1.165) is 12.8 Å². The van der Waals surface area contributed by atoms with Crippen LogP contribution < -0.4 is 0 Å². The smallest absolute Gasteiger partial charge is 0.0706 e. The number of unbranched alkanes of at least 4 members (excludes halogenated alkanes) is 4. The third-order valence-corrected chi connectivity index (χ3v) is 19.1. The predicted molar refractivity (Wildman–Crippen MR) is 254 cm³/mol. The molecule has 0 atom stereocenters. The van der Waals surface area contributed by atoms with Crippen LogP contribution in [0, 0.1) is 0 Å². The summed E-state index contributed by atoms with van der Waals surface area (Å²) in [5.41, 5.74) is 3.01. The van der Waals surface area contributed by atoms with Gasteiger partial charge < -0.3 is 0 Å². The molecule has 0 saturated carbocycles. The molecule has 8 aromatic carbocycles. The molecule has 2 heterocycles. The summed E-state index contributed by atoms with van der Waals surface area (Å²) in [5, 5.41) is 21.6. The number of thioether (sulfide) groups is 6. The average molecular weight is 809 g/mol. The van der Waals surface area contributed by atoms with Gasteiger partial charge in [0.2, 0.25) is 0 Å². The van der Waals surface area contributed by atoms with Crippen LogP contribution in [-0.4, -0.2) is 11.5 Å². The van der Waals surface area contributed by atoms with Crippen molar-refractivity contribution in [3.05, 3.63) is 148 Å². The van der Waals surface area contributed by atoms with Crippen LogP contribution in [0.4, 0.5) is 0 Å². The van der Waals surface area contributed by atoms with E-state index >= 15 is 0 Å². The Hall–Kier alpha value is -2.84. The number of benzene rings is 8. The van der Waals surface area contributed by atoms with E-state index in [2.05, 4.69) is 144 Å². The Morgan fingerprint density at radius 3 is 1.20 bits per heavy atom. The van der Waals surface area contributed by atoms with Gasteiger partial charge in [-0.1, -0.05) is 169 Å². The minimum Gasteiger partial charge on any atom is -0.118 e. The van der Waals surface area contributed by atoms with Gasteiger partial charge in [-0.2, -0.15) is 0 Å². The molecule has 0 radical (unpaired) electrons. The third-order valence-electron chi connectivity index (χ3n) is 11.0. The lowest BCUT2D eigenvalue weighted by Crippen LogP contribution is -1.91. The summed E-state index contributed by atoms with van der Waals surface area (Å²) in [6.07, 6.45) is 9.93. The summed E-state index contributed by atoms with van der Waals surface area (Å²) in [7, 11) is 0. The van der Waals surface area contributed by atoms with Crippen molar-refractivity contribution in [1.82, 2.24) is 0 Å². The fraction of sp³-hybridized carbons (Fsp3) is 0.208. The molecule has 0 bridgehead atoms. The van der Waals surface area contributed by atoms with Crippen molar-refractivity contribution in [2.75, 3.05) is 11.5 Å². The zero-order valence-corrected chi connectivity index (χ0v) is 35.0. The van der Waals surface area contributed by atoms with Crippen LogP contribution in [0.1, 0.15) is 49.7 Å². The second kappa shape index (κ2) is 16.0. The Kier molecular flexibility index (Phi) is 10.5. The van der Waals surface area contributed by atoms with E-state index in [0.29, 0.717) is 0 Å². The van der Waals surface area contributed by atoms with E-state index in [1.54, 1.807) is 0 Å². The Bertz CT molecular complexity index is 2520. The molecule has 0 fully saturated rings. The van der Waals surface area contributed by atoms with Crippen molar-refractivity contribution in [3.8, 4) is 0 Å². The number of hydrogen-bond donors (Lipinski definition) is 0. The summed E-state index contributed by atoms with van der Waals surface area (Å²) in [4.78, 5) is 0. The van der Waals surface area contributed by atoms with Gasteiger partial charge in [0.05, 0.1) is 16.9 Å². The topological polar surface area (TPSA) is 0 Å². The third kappa shape index (κ3) is 7.05. The fourth-order valence-corrected chi connectivity index (χ4v) is 16.2. The van der Waals surface area contributed by atoms with E-state index in [4.69, 9.17) is 0 Å². The van der Waals surface area contributed by atoms with E-state index in [-0.39, 0.29) is 0 Å². The maximum Gasteiger partial charge on any atom is 0.0706 e. The zero-order valence-electron chi connectivity index (χ0n) is 30.1. The standard InChI is InChI=1S/C48H40S6/c1(3-9-31-15-17-37-21-19-33-11-7-13-35-23-25-39(31)45(37)43(33)35)5-27-49-41-29-51-47(53-41)48-52-30-42(54-48)50-28-6-2-4-10-32-16-18-38-22-20-34-12-8-14-36-24-26-40(32)46(38)44(34)36/h7-8,11-26,29-30H,1-6,9-10,27-28H2/b48-47-. The highest BCUT2D eigenvalue weighted by Gasteiger charge is 2.22. The summed E-state index contributed by atoms with van der Waals surface area (Å²) >= 11 is 11.9. The van der Waals surface area contributed by atoms with Crippen molar-refractivity contribution in [2.24, 2.45) is 0 Å². The van der Waals surface area contributed by atoms with Gasteiger partial charge in [0.25, 0.3) is 0 Å². The van der Waals surface area contributed by atoms with Gasteiger partial charge in [0.1, 0.15) is 0 Å². The normalized spacial score (nSPS) is 16.4. The molecular weight excluding hydrogens is 769 g/mol. The first kappa shape index (κ1) is 35.6. The molecule has 0 amide bonds. The second-order valence-corrected chi connectivity index (χ2v) is 21.5. The molecule has 2 aliphatic heterocycles. The lowest BCUT2D eigenvalue weighted by Gasteiger charge is -2.14. The van der Waals surface area contributed by atoms with Crippen LogP contribution in [0.3, 0.4) is 0 Å². The molecule has 6 heteroatoms. The first-order valence-electron chi connectivity index (χ1n) is 19.2. The highest BCUT2D eigenvalue weighted by atomic mass is 32.2. The minimum atomic E-state index is 1.16. The van der Waals surface area contributed by atoms with Gasteiger partial charge in [0, 0.05) is 0 Å². The zero-order chi connectivity index (χ0) is 35.8. The largest absolute Gasteiger partial charge is 0.118 e. The van der Waals surface area contributed by atoms with Crippen LogP contribution in [0.25, 0.3) is 64.6 Å². The van der Waals surface area contributed by atoms with Crippen LogP contribution in [0.15, 0.2) is 137 Å². The number of hydrogen-bond acceptors (Lipinski definition) is 6. The first-order chi connectivity index (χ1) is 26.8. The van der Waals surface area contributed by atoms with Crippen LogP contribution in [0.5, 0.6) is 0 Å². The average Bonchev–Trinajstić information content (AvgIpc) is 3.89. The molecule has 0 unspecified atom stereocenters. The van der Waals surface area contributed by atoms with E-state index < -0.39 is 0 Å². The lowest BCUT2D eigenvalue weighted by molar-refractivity contribution is 0.725. The van der Waals surface area contributed by atoms with Gasteiger partial charge in [-0.15, -0.1) is 23.5 Å².